The van der Waals surface area contributed by atoms with E-state index < -0.39 is 20.9 Å². The minimum absolute atomic E-state index is 0.109. The number of nitrogens with zero attached hydrogens (tertiary/aromatic N) is 2. The lowest BCUT2D eigenvalue weighted by Crippen LogP contribution is -2.28. The van der Waals surface area contributed by atoms with Crippen molar-refractivity contribution in [1.82, 2.24) is 9.29 Å². The largest absolute Gasteiger partial charge is 0.263 e. The van der Waals surface area contributed by atoms with Crippen LogP contribution in [0.25, 0.3) is 0 Å². The molecule has 0 saturated heterocycles. The van der Waals surface area contributed by atoms with Crippen LogP contribution in [0.4, 0.5) is 4.39 Å². The molecule has 0 unspecified atom stereocenters. The van der Waals surface area contributed by atoms with Crippen LogP contribution in [-0.2, 0) is 10.0 Å². The molecule has 0 aromatic carbocycles. The molecule has 0 aliphatic rings. The molecule has 0 atom stereocenters. The van der Waals surface area contributed by atoms with Crippen molar-refractivity contribution in [3.05, 3.63) is 36.8 Å². The van der Waals surface area contributed by atoms with Crippen LogP contribution in [0, 0.1) is 5.82 Å². The van der Waals surface area contributed by atoms with Gasteiger partial charge in [-0.25, -0.2) is 17.8 Å². The zero-order valence-corrected chi connectivity index (χ0v) is 9.04. The summed E-state index contributed by atoms with van der Waals surface area (Å²) in [7, 11) is -2.52. The van der Waals surface area contributed by atoms with E-state index in [0.717, 1.165) is 10.4 Å². The molecule has 15 heavy (non-hydrogen) atoms. The average Bonchev–Trinajstić information content (AvgIpc) is 2.18. The van der Waals surface area contributed by atoms with Crippen molar-refractivity contribution in [3.8, 4) is 0 Å². The second-order valence-electron chi connectivity index (χ2n) is 2.86. The van der Waals surface area contributed by atoms with E-state index in [-0.39, 0.29) is 6.54 Å². The number of halogens is 1. The lowest BCUT2D eigenvalue weighted by Gasteiger charge is -2.14. The molecule has 1 aromatic rings. The first-order valence-electron chi connectivity index (χ1n) is 4.18. The summed E-state index contributed by atoms with van der Waals surface area (Å²) in [6.07, 6.45) is 2.65. The normalized spacial score (nSPS) is 11.7. The molecule has 0 N–H and O–H groups in total. The van der Waals surface area contributed by atoms with Crippen molar-refractivity contribution in [2.45, 2.75) is 5.03 Å². The lowest BCUT2D eigenvalue weighted by molar-refractivity contribution is 0.482. The Labute approximate surface area is 88.1 Å². The van der Waals surface area contributed by atoms with Crippen molar-refractivity contribution in [1.29, 1.82) is 0 Å². The van der Waals surface area contributed by atoms with Gasteiger partial charge < -0.3 is 0 Å². The van der Waals surface area contributed by atoms with Crippen LogP contribution in [0.15, 0.2) is 36.0 Å². The number of aromatic nitrogens is 1. The quantitative estimate of drug-likeness (QED) is 0.726. The Morgan fingerprint density at radius 3 is 2.87 bits per heavy atom. The van der Waals surface area contributed by atoms with Gasteiger partial charge in [-0.1, -0.05) is 6.08 Å². The van der Waals surface area contributed by atoms with Crippen LogP contribution in [0.3, 0.4) is 0 Å². The molecule has 0 fully saturated rings. The molecule has 1 aromatic heterocycles. The van der Waals surface area contributed by atoms with Gasteiger partial charge in [0, 0.05) is 19.8 Å². The summed E-state index contributed by atoms with van der Waals surface area (Å²) < 4.78 is 37.6. The van der Waals surface area contributed by atoms with Crippen molar-refractivity contribution in [2.24, 2.45) is 0 Å². The molecule has 4 nitrogen and oxygen atoms in total. The minimum atomic E-state index is -3.86. The summed E-state index contributed by atoms with van der Waals surface area (Å²) >= 11 is 0. The number of hydrogen-bond donors (Lipinski definition) is 0. The molecule has 82 valence electrons. The van der Waals surface area contributed by atoms with Crippen LogP contribution in [0.1, 0.15) is 0 Å². The number of pyridine rings is 1. The maximum Gasteiger partial charge on any atom is 0.263 e. The van der Waals surface area contributed by atoms with Gasteiger partial charge in [-0.3, -0.25) is 0 Å². The van der Waals surface area contributed by atoms with Gasteiger partial charge in [-0.15, -0.1) is 6.58 Å². The van der Waals surface area contributed by atoms with Crippen molar-refractivity contribution >= 4 is 10.0 Å². The molecule has 0 bridgehead atoms. The summed E-state index contributed by atoms with van der Waals surface area (Å²) in [4.78, 5) is 3.51. The molecule has 0 aliphatic carbocycles. The minimum Gasteiger partial charge on any atom is -0.241 e. The second kappa shape index (κ2) is 4.50. The topological polar surface area (TPSA) is 50.3 Å². The summed E-state index contributed by atoms with van der Waals surface area (Å²) in [5.74, 6) is -0.853. The zero-order valence-electron chi connectivity index (χ0n) is 8.22. The number of sulfonamides is 1. The van der Waals surface area contributed by atoms with Crippen LogP contribution in [0.2, 0.25) is 0 Å². The Morgan fingerprint density at radius 1 is 1.67 bits per heavy atom. The fourth-order valence-electron chi connectivity index (χ4n) is 0.989. The Hall–Kier alpha value is -1.27. The third-order valence-electron chi connectivity index (χ3n) is 1.77. The molecule has 0 saturated carbocycles. The first kappa shape index (κ1) is 11.8. The second-order valence-corrected chi connectivity index (χ2v) is 4.82. The fraction of sp³-hybridized carbons (Fsp3) is 0.222. The van der Waals surface area contributed by atoms with E-state index >= 15 is 0 Å². The number of hydrogen-bond acceptors (Lipinski definition) is 3. The highest BCUT2D eigenvalue weighted by Gasteiger charge is 2.24. The van der Waals surface area contributed by atoms with E-state index in [0.29, 0.717) is 0 Å². The molecule has 1 rings (SSSR count). The molecule has 1 heterocycles. The van der Waals surface area contributed by atoms with E-state index in [1.54, 1.807) is 0 Å². The maximum atomic E-state index is 13.2. The first-order valence-corrected chi connectivity index (χ1v) is 5.62. The number of likely N-dealkylation sites (N-methyl/N-ethyl adjacent to an activating group) is 1. The van der Waals surface area contributed by atoms with E-state index in [1.807, 2.05) is 0 Å². The Kier molecular flexibility index (Phi) is 3.54. The van der Waals surface area contributed by atoms with Gasteiger partial charge in [-0.05, 0) is 12.1 Å². The lowest BCUT2D eigenvalue weighted by atomic mass is 10.5. The molecule has 6 heteroatoms. The van der Waals surface area contributed by atoms with Crippen molar-refractivity contribution in [3.63, 3.8) is 0 Å². The summed E-state index contributed by atoms with van der Waals surface area (Å²) in [6.45, 7) is 3.52. The van der Waals surface area contributed by atoms with Crippen LogP contribution >= 0.6 is 0 Å². The molecule has 0 spiro atoms. The average molecular weight is 230 g/mol. The van der Waals surface area contributed by atoms with Gasteiger partial charge in [0.25, 0.3) is 10.0 Å². The first-order chi connectivity index (χ1) is 7.00. The predicted molar refractivity (Wildman–Crippen MR) is 54.2 cm³/mol. The van der Waals surface area contributed by atoms with Crippen LogP contribution in [-0.4, -0.2) is 31.3 Å². The summed E-state index contributed by atoms with van der Waals surface area (Å²) in [5.41, 5.74) is 0. The van der Waals surface area contributed by atoms with Crippen molar-refractivity contribution < 1.29 is 12.8 Å². The molecular weight excluding hydrogens is 219 g/mol. The van der Waals surface area contributed by atoms with Gasteiger partial charge in [0.15, 0.2) is 5.82 Å². The fourth-order valence-corrected chi connectivity index (χ4v) is 2.09. The summed E-state index contributed by atoms with van der Waals surface area (Å²) in [5, 5.41) is -0.561. The number of rotatable bonds is 4. The third-order valence-corrected chi connectivity index (χ3v) is 3.52. The van der Waals surface area contributed by atoms with Crippen LogP contribution < -0.4 is 0 Å². The van der Waals surface area contributed by atoms with E-state index in [4.69, 9.17) is 0 Å². The van der Waals surface area contributed by atoms with Gasteiger partial charge in [0.2, 0.25) is 5.03 Å². The van der Waals surface area contributed by atoms with E-state index in [1.165, 1.54) is 25.4 Å². The van der Waals surface area contributed by atoms with E-state index in [9.17, 15) is 12.8 Å². The van der Waals surface area contributed by atoms with Gasteiger partial charge >= 0.3 is 0 Å². The highest BCUT2D eigenvalue weighted by molar-refractivity contribution is 7.89. The highest BCUT2D eigenvalue weighted by Crippen LogP contribution is 2.14. The van der Waals surface area contributed by atoms with Gasteiger partial charge in [0.1, 0.15) is 0 Å². The third kappa shape index (κ3) is 2.40. The van der Waals surface area contributed by atoms with Gasteiger partial charge in [-0.2, -0.15) is 4.31 Å². The Balaban J connectivity index is 3.17. The predicted octanol–water partition coefficient (Wildman–Crippen LogP) is 1.03. The molecule has 0 amide bonds. The monoisotopic (exact) mass is 230 g/mol. The Bertz CT molecular complexity index is 459. The zero-order chi connectivity index (χ0) is 11.5. The van der Waals surface area contributed by atoms with Crippen LogP contribution in [0.5, 0.6) is 0 Å². The van der Waals surface area contributed by atoms with Gasteiger partial charge in [0.05, 0.1) is 0 Å². The highest BCUT2D eigenvalue weighted by atomic mass is 32.2. The SMILES string of the molecule is C=CCN(C)S(=O)(=O)c1ncccc1F. The maximum absolute atomic E-state index is 13.2. The van der Waals surface area contributed by atoms with E-state index in [2.05, 4.69) is 11.6 Å². The smallest absolute Gasteiger partial charge is 0.241 e. The molecule has 0 aliphatic heterocycles. The molecular formula is C9H11FN2O2S. The van der Waals surface area contributed by atoms with Crippen molar-refractivity contribution in [2.75, 3.05) is 13.6 Å². The Morgan fingerprint density at radius 2 is 2.33 bits per heavy atom. The standard InChI is InChI=1S/C9H11FN2O2S/c1-3-7-12(2)15(13,14)9-8(10)5-4-6-11-9/h3-6H,1,7H2,2H3. The summed E-state index contributed by atoms with van der Waals surface area (Å²) in [6, 6.07) is 2.39. The molecule has 0 radical (unpaired) electrons.